The van der Waals surface area contributed by atoms with E-state index in [1.54, 1.807) is 42.5 Å². The summed E-state index contributed by atoms with van der Waals surface area (Å²) < 4.78 is 5.07. The van der Waals surface area contributed by atoms with Gasteiger partial charge in [-0.15, -0.1) is 0 Å². The molecule has 98 valence electrons. The fourth-order valence-corrected chi connectivity index (χ4v) is 1.86. The van der Waals surface area contributed by atoms with Gasteiger partial charge < -0.3 is 15.3 Å². The summed E-state index contributed by atoms with van der Waals surface area (Å²) in [7, 11) is 0. The van der Waals surface area contributed by atoms with Crippen molar-refractivity contribution in [2.75, 3.05) is 0 Å². The molecule has 2 atom stereocenters. The zero-order chi connectivity index (χ0) is 13.8. The van der Waals surface area contributed by atoms with Crippen molar-refractivity contribution in [3.8, 4) is 0 Å². The average Bonchev–Trinajstić information content (AvgIpc) is 2.93. The van der Waals surface area contributed by atoms with Crippen LogP contribution in [0.5, 0.6) is 0 Å². The number of furan rings is 1. The van der Waals surface area contributed by atoms with Gasteiger partial charge in [-0.25, -0.2) is 0 Å². The summed E-state index contributed by atoms with van der Waals surface area (Å²) in [4.78, 5) is 23.5. The summed E-state index contributed by atoms with van der Waals surface area (Å²) in [6, 6.07) is 10.4. The molecule has 3 N–H and O–H groups in total. The van der Waals surface area contributed by atoms with Crippen LogP contribution in [0, 0.1) is 5.92 Å². The molecule has 0 aliphatic carbocycles. The highest BCUT2D eigenvalue weighted by Crippen LogP contribution is 2.24. The fraction of sp³-hybridized carbons (Fsp3) is 0.143. The van der Waals surface area contributed by atoms with Gasteiger partial charge in [0, 0.05) is 5.56 Å². The van der Waals surface area contributed by atoms with Crippen LogP contribution in [-0.4, -0.2) is 16.9 Å². The average molecular weight is 259 g/mol. The van der Waals surface area contributed by atoms with Crippen molar-refractivity contribution in [3.05, 3.63) is 60.1 Å². The van der Waals surface area contributed by atoms with Gasteiger partial charge in [-0.1, -0.05) is 30.3 Å². The summed E-state index contributed by atoms with van der Waals surface area (Å²) in [5.41, 5.74) is 6.14. The molecule has 1 aromatic heterocycles. The molecule has 2 aromatic rings. The molecule has 0 saturated heterocycles. The number of carbonyl (C=O) groups is 2. The molecule has 5 nitrogen and oxygen atoms in total. The third-order valence-electron chi connectivity index (χ3n) is 2.84. The number of nitrogens with two attached hydrogens (primary N) is 1. The quantitative estimate of drug-likeness (QED) is 0.631. The summed E-state index contributed by atoms with van der Waals surface area (Å²) in [5.74, 6) is -2.89. The van der Waals surface area contributed by atoms with E-state index in [0.29, 0.717) is 5.56 Å². The number of carbonyl (C=O) groups excluding carboxylic acids is 1. The zero-order valence-electron chi connectivity index (χ0n) is 10.0. The van der Waals surface area contributed by atoms with Crippen molar-refractivity contribution in [3.63, 3.8) is 0 Å². The van der Waals surface area contributed by atoms with Crippen LogP contribution in [0.15, 0.2) is 53.1 Å². The number of aliphatic carboxylic acids is 1. The number of Topliss-reactive ketones (excluding diaryl/α,β-unsaturated/α-hetero) is 1. The van der Waals surface area contributed by atoms with E-state index in [9.17, 15) is 14.7 Å². The molecule has 2 unspecified atom stereocenters. The number of hydrogen-bond donors (Lipinski definition) is 2. The monoisotopic (exact) mass is 259 g/mol. The second-order valence-corrected chi connectivity index (χ2v) is 4.09. The van der Waals surface area contributed by atoms with E-state index in [-0.39, 0.29) is 5.76 Å². The second-order valence-electron chi connectivity index (χ2n) is 4.09. The Morgan fingerprint density at radius 1 is 1.11 bits per heavy atom. The largest absolute Gasteiger partial charge is 0.481 e. The normalized spacial score (nSPS) is 13.7. The van der Waals surface area contributed by atoms with E-state index in [4.69, 9.17) is 10.2 Å². The maximum Gasteiger partial charge on any atom is 0.316 e. The minimum Gasteiger partial charge on any atom is -0.481 e. The highest BCUT2D eigenvalue weighted by Gasteiger charge is 2.35. The lowest BCUT2D eigenvalue weighted by Gasteiger charge is -2.17. The standard InChI is InChI=1S/C14H13NO4/c15-12(10-7-4-8-19-10)11(14(17)18)13(16)9-5-2-1-3-6-9/h1-8,11-12H,15H2,(H,17,18). The SMILES string of the molecule is NC(c1ccco1)C(C(=O)O)C(=O)c1ccccc1. The molecule has 0 spiro atoms. The lowest BCUT2D eigenvalue weighted by Crippen LogP contribution is -2.34. The van der Waals surface area contributed by atoms with Crippen molar-refractivity contribution in [1.29, 1.82) is 0 Å². The maximum absolute atomic E-state index is 12.2. The predicted molar refractivity (Wildman–Crippen MR) is 67.5 cm³/mol. The van der Waals surface area contributed by atoms with Gasteiger partial charge in [-0.3, -0.25) is 9.59 Å². The minimum absolute atomic E-state index is 0.275. The molecule has 0 saturated carbocycles. The molecule has 0 aliphatic rings. The topological polar surface area (TPSA) is 93.5 Å². The molecule has 0 aliphatic heterocycles. The Bertz CT molecular complexity index is 562. The number of carboxylic acids is 1. The van der Waals surface area contributed by atoms with Crippen molar-refractivity contribution < 1.29 is 19.1 Å². The van der Waals surface area contributed by atoms with Gasteiger partial charge in [0.2, 0.25) is 0 Å². The Morgan fingerprint density at radius 2 is 1.79 bits per heavy atom. The van der Waals surface area contributed by atoms with Crippen molar-refractivity contribution >= 4 is 11.8 Å². The Hall–Kier alpha value is -2.40. The van der Waals surface area contributed by atoms with Gasteiger partial charge in [-0.05, 0) is 12.1 Å². The Morgan fingerprint density at radius 3 is 2.32 bits per heavy atom. The lowest BCUT2D eigenvalue weighted by molar-refractivity contribution is -0.140. The second kappa shape index (κ2) is 5.49. The molecular formula is C14H13NO4. The van der Waals surface area contributed by atoms with Crippen LogP contribution in [0.2, 0.25) is 0 Å². The van der Waals surface area contributed by atoms with Crippen molar-refractivity contribution in [2.45, 2.75) is 6.04 Å². The molecule has 0 radical (unpaired) electrons. The van der Waals surface area contributed by atoms with Crippen LogP contribution in [0.25, 0.3) is 0 Å². The molecule has 0 bridgehead atoms. The molecular weight excluding hydrogens is 246 g/mol. The van der Waals surface area contributed by atoms with E-state index in [0.717, 1.165) is 0 Å². The molecule has 5 heteroatoms. The molecule has 1 heterocycles. The van der Waals surface area contributed by atoms with Gasteiger partial charge in [-0.2, -0.15) is 0 Å². The molecule has 1 aromatic carbocycles. The number of hydrogen-bond acceptors (Lipinski definition) is 4. The number of benzene rings is 1. The van der Waals surface area contributed by atoms with E-state index in [1.165, 1.54) is 6.26 Å². The smallest absolute Gasteiger partial charge is 0.316 e. The Kier molecular flexibility index (Phi) is 3.77. The third-order valence-corrected chi connectivity index (χ3v) is 2.84. The number of carboxylic acid groups (broad SMARTS) is 1. The van der Waals surface area contributed by atoms with E-state index in [2.05, 4.69) is 0 Å². The zero-order valence-corrected chi connectivity index (χ0v) is 10.0. The van der Waals surface area contributed by atoms with Gasteiger partial charge >= 0.3 is 5.97 Å². The first-order chi connectivity index (χ1) is 9.11. The Balaban J connectivity index is 2.31. The van der Waals surface area contributed by atoms with Gasteiger partial charge in [0.05, 0.1) is 12.3 Å². The maximum atomic E-state index is 12.2. The van der Waals surface area contributed by atoms with Crippen LogP contribution in [-0.2, 0) is 4.79 Å². The summed E-state index contributed by atoms with van der Waals surface area (Å²) >= 11 is 0. The first kappa shape index (κ1) is 13.0. The van der Waals surface area contributed by atoms with Crippen LogP contribution in [0.4, 0.5) is 0 Å². The number of ketones is 1. The van der Waals surface area contributed by atoms with Gasteiger partial charge in [0.1, 0.15) is 11.7 Å². The number of rotatable bonds is 5. The summed E-state index contributed by atoms with van der Waals surface area (Å²) in [6.45, 7) is 0. The highest BCUT2D eigenvalue weighted by molar-refractivity contribution is 6.08. The Labute approximate surface area is 109 Å². The molecule has 0 fully saturated rings. The first-order valence-corrected chi connectivity index (χ1v) is 5.72. The molecule has 19 heavy (non-hydrogen) atoms. The van der Waals surface area contributed by atoms with E-state index in [1.807, 2.05) is 0 Å². The lowest BCUT2D eigenvalue weighted by atomic mass is 9.90. The summed E-state index contributed by atoms with van der Waals surface area (Å²) in [5, 5.41) is 9.23. The van der Waals surface area contributed by atoms with E-state index >= 15 is 0 Å². The van der Waals surface area contributed by atoms with Crippen LogP contribution < -0.4 is 5.73 Å². The van der Waals surface area contributed by atoms with Crippen molar-refractivity contribution in [1.82, 2.24) is 0 Å². The predicted octanol–water partition coefficient (Wildman–Crippen LogP) is 1.86. The fourth-order valence-electron chi connectivity index (χ4n) is 1.86. The third kappa shape index (κ3) is 2.71. The van der Waals surface area contributed by atoms with Gasteiger partial charge in [0.15, 0.2) is 5.78 Å². The minimum atomic E-state index is -1.37. The van der Waals surface area contributed by atoms with Crippen molar-refractivity contribution in [2.24, 2.45) is 11.7 Å². The van der Waals surface area contributed by atoms with Crippen LogP contribution in [0.3, 0.4) is 0 Å². The molecule has 2 rings (SSSR count). The highest BCUT2D eigenvalue weighted by atomic mass is 16.4. The van der Waals surface area contributed by atoms with Crippen LogP contribution >= 0.6 is 0 Å². The molecule has 0 amide bonds. The summed E-state index contributed by atoms with van der Waals surface area (Å²) in [6.07, 6.45) is 1.39. The van der Waals surface area contributed by atoms with E-state index < -0.39 is 23.7 Å². The first-order valence-electron chi connectivity index (χ1n) is 5.72. The van der Waals surface area contributed by atoms with Gasteiger partial charge in [0.25, 0.3) is 0 Å². The van der Waals surface area contributed by atoms with Crippen LogP contribution in [0.1, 0.15) is 22.2 Å².